The molecule has 0 amide bonds. The molecule has 12 heteroatoms. The van der Waals surface area contributed by atoms with Gasteiger partial charge < -0.3 is 52.1 Å². The molecular formula is C33H66O12. The number of unbranched alkanes of at least 4 members (excludes halogenated alkanes) is 1. The number of ether oxygens (including phenoxy) is 11. The number of carbonyl (C=O) groups is 1. The van der Waals surface area contributed by atoms with Crippen LogP contribution >= 0.6 is 0 Å². The van der Waals surface area contributed by atoms with Gasteiger partial charge in [0.2, 0.25) is 0 Å². The largest absolute Gasteiger partial charge is 0.463 e. The fourth-order valence-corrected chi connectivity index (χ4v) is 3.64. The lowest BCUT2D eigenvalue weighted by Gasteiger charge is -2.13. The summed E-state index contributed by atoms with van der Waals surface area (Å²) in [6.07, 6.45) is 4.97. The van der Waals surface area contributed by atoms with Gasteiger partial charge in [-0.1, -0.05) is 47.0 Å². The van der Waals surface area contributed by atoms with Gasteiger partial charge in [0, 0.05) is 6.61 Å². The van der Waals surface area contributed by atoms with Crippen molar-refractivity contribution in [3.05, 3.63) is 0 Å². The Labute approximate surface area is 273 Å². The van der Waals surface area contributed by atoms with Crippen molar-refractivity contribution in [2.45, 2.75) is 59.8 Å². The number of carbonyl (C=O) groups excluding carboxylic acids is 1. The molecule has 0 rings (SSSR count). The average molecular weight is 655 g/mol. The zero-order chi connectivity index (χ0) is 32.9. The maximum atomic E-state index is 12.0. The molecule has 0 aliphatic heterocycles. The van der Waals surface area contributed by atoms with E-state index in [1.165, 1.54) is 0 Å². The fourth-order valence-electron chi connectivity index (χ4n) is 3.64. The van der Waals surface area contributed by atoms with E-state index in [-0.39, 0.29) is 18.5 Å². The van der Waals surface area contributed by atoms with Gasteiger partial charge in [-0.15, -0.1) is 0 Å². The van der Waals surface area contributed by atoms with Gasteiger partial charge in [-0.25, -0.2) is 0 Å². The second-order valence-corrected chi connectivity index (χ2v) is 10.5. The van der Waals surface area contributed by atoms with Gasteiger partial charge in [0.15, 0.2) is 0 Å². The summed E-state index contributed by atoms with van der Waals surface area (Å²) in [7, 11) is 0. The number of hydrogen-bond donors (Lipinski definition) is 0. The average Bonchev–Trinajstić information content (AvgIpc) is 3.05. The second-order valence-electron chi connectivity index (χ2n) is 10.5. The third kappa shape index (κ3) is 34.2. The Kier molecular flexibility index (Phi) is 36.8. The Bertz CT molecular complexity index is 584. The number of hydrogen-bond acceptors (Lipinski definition) is 12. The van der Waals surface area contributed by atoms with Crippen LogP contribution in [0.25, 0.3) is 0 Å². The van der Waals surface area contributed by atoms with E-state index < -0.39 is 0 Å². The monoisotopic (exact) mass is 654 g/mol. The Balaban J connectivity index is 3.15. The highest BCUT2D eigenvalue weighted by Crippen LogP contribution is 2.14. The molecule has 45 heavy (non-hydrogen) atoms. The van der Waals surface area contributed by atoms with Crippen molar-refractivity contribution in [2.24, 2.45) is 11.8 Å². The van der Waals surface area contributed by atoms with Crippen molar-refractivity contribution >= 4 is 5.97 Å². The maximum Gasteiger partial charge on any atom is 0.308 e. The van der Waals surface area contributed by atoms with Gasteiger partial charge in [-0.3, -0.25) is 4.79 Å². The summed E-state index contributed by atoms with van der Waals surface area (Å²) in [6.45, 7) is 19.3. The Morgan fingerprint density at radius 1 is 0.444 bits per heavy atom. The maximum absolute atomic E-state index is 12.0. The minimum Gasteiger partial charge on any atom is -0.463 e. The molecule has 0 aliphatic carbocycles. The summed E-state index contributed by atoms with van der Waals surface area (Å²) in [5, 5.41) is 0. The lowest BCUT2D eigenvalue weighted by Crippen LogP contribution is -2.20. The second kappa shape index (κ2) is 37.5. The molecule has 0 fully saturated rings. The summed E-state index contributed by atoms with van der Waals surface area (Å²) in [4.78, 5) is 12.0. The van der Waals surface area contributed by atoms with Crippen molar-refractivity contribution in [1.82, 2.24) is 0 Å². The van der Waals surface area contributed by atoms with Crippen LogP contribution in [-0.4, -0.2) is 145 Å². The zero-order valence-electron chi connectivity index (χ0n) is 28.9. The lowest BCUT2D eigenvalue weighted by atomic mass is 10.00. The van der Waals surface area contributed by atoms with Crippen LogP contribution in [-0.2, 0) is 56.9 Å². The molecule has 0 aliphatic rings. The number of rotatable bonds is 38. The zero-order valence-corrected chi connectivity index (χ0v) is 28.9. The first kappa shape index (κ1) is 44.1. The highest BCUT2D eigenvalue weighted by atomic mass is 16.6. The van der Waals surface area contributed by atoms with Crippen LogP contribution in [0.1, 0.15) is 59.8 Å². The van der Waals surface area contributed by atoms with E-state index in [9.17, 15) is 4.79 Å². The van der Waals surface area contributed by atoms with Crippen LogP contribution < -0.4 is 0 Å². The quantitative estimate of drug-likeness (QED) is 0.0709. The molecule has 0 spiro atoms. The molecule has 270 valence electrons. The molecule has 0 aromatic heterocycles. The number of esters is 1. The molecule has 0 bridgehead atoms. The summed E-state index contributed by atoms with van der Waals surface area (Å²) in [5.41, 5.74) is 0. The first-order valence-electron chi connectivity index (χ1n) is 17.1. The highest BCUT2D eigenvalue weighted by Gasteiger charge is 2.16. The minimum atomic E-state index is -0.118. The predicted octanol–water partition coefficient (Wildman–Crippen LogP) is 3.96. The molecule has 0 N–H and O–H groups in total. The van der Waals surface area contributed by atoms with E-state index in [1.54, 1.807) is 0 Å². The Morgan fingerprint density at radius 2 is 0.756 bits per heavy atom. The van der Waals surface area contributed by atoms with E-state index in [4.69, 9.17) is 52.1 Å². The topological polar surface area (TPSA) is 119 Å². The van der Waals surface area contributed by atoms with Gasteiger partial charge in [0.05, 0.1) is 131 Å². The van der Waals surface area contributed by atoms with Gasteiger partial charge in [0.1, 0.15) is 6.61 Å². The smallest absolute Gasteiger partial charge is 0.308 e. The van der Waals surface area contributed by atoms with E-state index in [0.29, 0.717) is 131 Å². The summed E-state index contributed by atoms with van der Waals surface area (Å²) in [6, 6.07) is 0. The third-order valence-electron chi connectivity index (χ3n) is 6.65. The first-order valence-corrected chi connectivity index (χ1v) is 17.1. The van der Waals surface area contributed by atoms with Crippen LogP contribution in [0.3, 0.4) is 0 Å². The van der Waals surface area contributed by atoms with Crippen molar-refractivity contribution in [2.75, 3.05) is 139 Å². The van der Waals surface area contributed by atoms with E-state index in [0.717, 1.165) is 38.7 Å². The van der Waals surface area contributed by atoms with Crippen LogP contribution in [0.5, 0.6) is 0 Å². The fraction of sp³-hybridized carbons (Fsp3) is 0.970. The summed E-state index contributed by atoms with van der Waals surface area (Å²) >= 11 is 0. The van der Waals surface area contributed by atoms with Crippen LogP contribution in [0, 0.1) is 11.8 Å². The molecule has 0 radical (unpaired) electrons. The standard InChI is InChI=1S/C33H66O12/c1-5-8-9-32(7-3)33(34)45-29-28-43-25-24-41-21-20-39-17-16-37-13-12-35-10-11-36-14-15-38-18-19-40-22-23-42-26-27-44-30-31(4)6-2/h31-32H,5-30H2,1-4H3. The summed E-state index contributed by atoms with van der Waals surface area (Å²) < 4.78 is 60.1. The molecule has 12 nitrogen and oxygen atoms in total. The molecule has 2 unspecified atom stereocenters. The van der Waals surface area contributed by atoms with Crippen molar-refractivity contribution in [1.29, 1.82) is 0 Å². The van der Waals surface area contributed by atoms with Crippen molar-refractivity contribution in [3.8, 4) is 0 Å². The van der Waals surface area contributed by atoms with Crippen molar-refractivity contribution in [3.63, 3.8) is 0 Å². The Morgan fingerprint density at radius 3 is 1.04 bits per heavy atom. The minimum absolute atomic E-state index is 0.000990. The first-order chi connectivity index (χ1) is 22.2. The third-order valence-corrected chi connectivity index (χ3v) is 6.65. The van der Waals surface area contributed by atoms with E-state index >= 15 is 0 Å². The normalized spacial score (nSPS) is 12.9. The SMILES string of the molecule is CCCCC(CC)C(=O)OCCOCCOCCOCCOCCOCCOCCOCCOCCOCCOCC(C)CC. The van der Waals surface area contributed by atoms with Gasteiger partial charge in [0.25, 0.3) is 0 Å². The van der Waals surface area contributed by atoms with E-state index in [1.807, 2.05) is 6.92 Å². The van der Waals surface area contributed by atoms with E-state index in [2.05, 4.69) is 20.8 Å². The molecule has 0 aromatic carbocycles. The van der Waals surface area contributed by atoms with Gasteiger partial charge in [-0.05, 0) is 18.8 Å². The molecule has 0 saturated heterocycles. The van der Waals surface area contributed by atoms with Gasteiger partial charge >= 0.3 is 5.97 Å². The molecule has 2 atom stereocenters. The molecule has 0 heterocycles. The Hall–Kier alpha value is -0.930. The summed E-state index contributed by atoms with van der Waals surface area (Å²) in [5.74, 6) is 0.477. The van der Waals surface area contributed by atoms with Crippen LogP contribution in [0.4, 0.5) is 0 Å². The van der Waals surface area contributed by atoms with Crippen LogP contribution in [0.15, 0.2) is 0 Å². The molecular weight excluding hydrogens is 588 g/mol. The predicted molar refractivity (Wildman–Crippen MR) is 172 cm³/mol. The van der Waals surface area contributed by atoms with Crippen molar-refractivity contribution < 1.29 is 56.9 Å². The van der Waals surface area contributed by atoms with Gasteiger partial charge in [-0.2, -0.15) is 0 Å². The molecule has 0 saturated carbocycles. The highest BCUT2D eigenvalue weighted by molar-refractivity contribution is 5.72. The molecule has 0 aromatic rings. The van der Waals surface area contributed by atoms with Crippen LogP contribution in [0.2, 0.25) is 0 Å². The lowest BCUT2D eigenvalue weighted by molar-refractivity contribution is -0.150.